The van der Waals surface area contributed by atoms with Crippen LogP contribution in [-0.2, 0) is 8.85 Å². The molecule has 5 heteroatoms. The van der Waals surface area contributed by atoms with Gasteiger partial charge in [-0.1, -0.05) is 13.3 Å². The van der Waals surface area contributed by atoms with E-state index in [1.165, 1.54) is 7.11 Å². The van der Waals surface area contributed by atoms with Crippen molar-refractivity contribution in [3.05, 3.63) is 0 Å². The summed E-state index contributed by atoms with van der Waals surface area (Å²) in [6.07, 6.45) is 0.831. The maximum absolute atomic E-state index is 11.5. The quantitative estimate of drug-likeness (QED) is 0.582. The van der Waals surface area contributed by atoms with Gasteiger partial charge in [-0.15, -0.1) is 0 Å². The molecule has 62 valence electrons. The highest BCUT2D eigenvalue weighted by atomic mass is 28.3. The van der Waals surface area contributed by atoms with Crippen molar-refractivity contribution < 1.29 is 17.6 Å². The number of alkyl halides is 2. The van der Waals surface area contributed by atoms with Gasteiger partial charge in [0.2, 0.25) is 0 Å². The lowest BCUT2D eigenvalue weighted by Crippen LogP contribution is -2.23. The minimum Gasteiger partial charge on any atom is -0.400 e. The molecule has 0 aliphatic rings. The van der Waals surface area contributed by atoms with Gasteiger partial charge in [-0.3, -0.25) is 0 Å². The Kier molecular flexibility index (Phi) is 5.76. The molecule has 1 unspecified atom stereocenters. The summed E-state index contributed by atoms with van der Waals surface area (Å²) in [5.74, 6) is 0. The number of rotatable bonds is 5. The lowest BCUT2D eigenvalue weighted by molar-refractivity contribution is -0.0662. The standard InChI is InChI=1S/C5H12F2O2Si/c1-3-4-10(8-2)9-5(6)7/h5,10H,3-4H2,1-2H3. The van der Waals surface area contributed by atoms with E-state index in [0.717, 1.165) is 6.42 Å². The lowest BCUT2D eigenvalue weighted by Gasteiger charge is -2.11. The molecule has 0 radical (unpaired) electrons. The summed E-state index contributed by atoms with van der Waals surface area (Å²) < 4.78 is 32.0. The molecule has 0 aromatic heterocycles. The van der Waals surface area contributed by atoms with Gasteiger partial charge in [0, 0.05) is 7.11 Å². The van der Waals surface area contributed by atoms with E-state index in [1.807, 2.05) is 6.92 Å². The van der Waals surface area contributed by atoms with Crippen LogP contribution in [0.1, 0.15) is 13.3 Å². The highest BCUT2D eigenvalue weighted by molar-refractivity contribution is 6.44. The van der Waals surface area contributed by atoms with Crippen LogP contribution in [0.4, 0.5) is 8.78 Å². The minimum absolute atomic E-state index is 0.640. The Morgan fingerprint density at radius 3 is 2.40 bits per heavy atom. The second-order valence-corrected chi connectivity index (χ2v) is 4.03. The summed E-state index contributed by atoms with van der Waals surface area (Å²) in [5.41, 5.74) is 0. The maximum Gasteiger partial charge on any atom is 0.337 e. The molecule has 0 rings (SSSR count). The molecule has 1 atom stereocenters. The summed E-state index contributed by atoms with van der Waals surface area (Å²) >= 11 is 0. The van der Waals surface area contributed by atoms with Gasteiger partial charge in [-0.25, -0.2) is 0 Å². The Bertz CT molecular complexity index is 82.0. The zero-order chi connectivity index (χ0) is 7.98. The van der Waals surface area contributed by atoms with Crippen LogP contribution in [0, 0.1) is 0 Å². The summed E-state index contributed by atoms with van der Waals surface area (Å²) in [4.78, 5) is 0. The normalized spacial score (nSPS) is 14.1. The number of hydrogen-bond donors (Lipinski definition) is 0. The molecular formula is C5H12F2O2Si. The fraction of sp³-hybridized carbons (Fsp3) is 1.00. The molecule has 0 N–H and O–H groups in total. The van der Waals surface area contributed by atoms with E-state index in [9.17, 15) is 8.78 Å². The Morgan fingerprint density at radius 2 is 2.10 bits per heavy atom. The van der Waals surface area contributed by atoms with Gasteiger partial charge in [0.15, 0.2) is 0 Å². The van der Waals surface area contributed by atoms with Crippen molar-refractivity contribution in [2.24, 2.45) is 0 Å². The van der Waals surface area contributed by atoms with Crippen molar-refractivity contribution >= 4 is 9.28 Å². The molecule has 0 heterocycles. The van der Waals surface area contributed by atoms with Crippen molar-refractivity contribution in [2.45, 2.75) is 26.0 Å². The van der Waals surface area contributed by atoms with Crippen molar-refractivity contribution in [3.63, 3.8) is 0 Å². The minimum atomic E-state index is -2.68. The number of halogens is 2. The first-order chi connectivity index (χ1) is 4.70. The Labute approximate surface area is 61.0 Å². The maximum atomic E-state index is 11.5. The largest absolute Gasteiger partial charge is 0.400 e. The first-order valence-electron chi connectivity index (χ1n) is 3.17. The summed E-state index contributed by atoms with van der Waals surface area (Å²) in [6.45, 7) is -0.767. The molecular weight excluding hydrogens is 158 g/mol. The second kappa shape index (κ2) is 5.76. The molecule has 0 spiro atoms. The average Bonchev–Trinajstić information content (AvgIpc) is 1.86. The SMILES string of the molecule is CCC[SiH](OC)OC(F)F. The van der Waals surface area contributed by atoms with E-state index in [4.69, 9.17) is 4.43 Å². The van der Waals surface area contributed by atoms with Gasteiger partial charge in [-0.2, -0.15) is 8.78 Å². The van der Waals surface area contributed by atoms with Crippen LogP contribution in [0.3, 0.4) is 0 Å². The predicted molar refractivity (Wildman–Crippen MR) is 36.3 cm³/mol. The zero-order valence-corrected chi connectivity index (χ0v) is 7.30. The molecule has 10 heavy (non-hydrogen) atoms. The van der Waals surface area contributed by atoms with Gasteiger partial charge in [0.1, 0.15) is 0 Å². The lowest BCUT2D eigenvalue weighted by atomic mass is 10.6. The smallest absolute Gasteiger partial charge is 0.337 e. The first-order valence-corrected chi connectivity index (χ1v) is 4.93. The fourth-order valence-corrected chi connectivity index (χ4v) is 1.78. The van der Waals surface area contributed by atoms with Crippen molar-refractivity contribution in [1.82, 2.24) is 0 Å². The van der Waals surface area contributed by atoms with E-state index in [1.54, 1.807) is 0 Å². The van der Waals surface area contributed by atoms with Crippen LogP contribution in [0.15, 0.2) is 0 Å². The molecule has 0 fully saturated rings. The van der Waals surface area contributed by atoms with E-state index >= 15 is 0 Å². The van der Waals surface area contributed by atoms with E-state index in [2.05, 4.69) is 4.43 Å². The van der Waals surface area contributed by atoms with Crippen LogP contribution in [-0.4, -0.2) is 23.0 Å². The zero-order valence-electron chi connectivity index (χ0n) is 6.14. The molecule has 0 aromatic carbocycles. The molecule has 0 aromatic rings. The van der Waals surface area contributed by atoms with Crippen LogP contribution in [0.2, 0.25) is 6.04 Å². The molecule has 0 saturated carbocycles. The molecule has 0 aliphatic carbocycles. The van der Waals surface area contributed by atoms with E-state index < -0.39 is 15.9 Å². The highest BCUT2D eigenvalue weighted by Gasteiger charge is 2.15. The monoisotopic (exact) mass is 170 g/mol. The van der Waals surface area contributed by atoms with Crippen molar-refractivity contribution in [3.8, 4) is 0 Å². The Morgan fingerprint density at radius 1 is 1.50 bits per heavy atom. The van der Waals surface area contributed by atoms with Gasteiger partial charge in [-0.05, 0) is 6.04 Å². The Hall–Kier alpha value is -0.00312. The summed E-state index contributed by atoms with van der Waals surface area (Å²) in [5, 5.41) is 0. The third kappa shape index (κ3) is 4.84. The average molecular weight is 170 g/mol. The molecule has 0 bridgehead atoms. The third-order valence-electron chi connectivity index (χ3n) is 1.04. The summed E-state index contributed by atoms with van der Waals surface area (Å²) in [6, 6.07) is 0.640. The van der Waals surface area contributed by atoms with Crippen LogP contribution in [0.5, 0.6) is 0 Å². The van der Waals surface area contributed by atoms with Crippen LogP contribution >= 0.6 is 0 Å². The van der Waals surface area contributed by atoms with E-state index in [-0.39, 0.29) is 0 Å². The van der Waals surface area contributed by atoms with Crippen LogP contribution in [0.25, 0.3) is 0 Å². The van der Waals surface area contributed by atoms with Gasteiger partial charge >= 0.3 is 15.9 Å². The Balaban J connectivity index is 3.39. The van der Waals surface area contributed by atoms with Crippen molar-refractivity contribution in [2.75, 3.05) is 7.11 Å². The van der Waals surface area contributed by atoms with Crippen molar-refractivity contribution in [1.29, 1.82) is 0 Å². The second-order valence-electron chi connectivity index (χ2n) is 1.85. The summed E-state index contributed by atoms with van der Waals surface area (Å²) in [7, 11) is -0.609. The number of hydrogen-bond acceptors (Lipinski definition) is 2. The van der Waals surface area contributed by atoms with E-state index in [0.29, 0.717) is 6.04 Å². The highest BCUT2D eigenvalue weighted by Crippen LogP contribution is 2.04. The van der Waals surface area contributed by atoms with Gasteiger partial charge < -0.3 is 8.85 Å². The first kappa shape index (κ1) is 10.00. The molecule has 0 amide bonds. The molecule has 2 nitrogen and oxygen atoms in total. The topological polar surface area (TPSA) is 18.5 Å². The molecule has 0 aliphatic heterocycles. The predicted octanol–water partition coefficient (Wildman–Crippen LogP) is 1.50. The van der Waals surface area contributed by atoms with Crippen LogP contribution < -0.4 is 0 Å². The van der Waals surface area contributed by atoms with Gasteiger partial charge in [0.05, 0.1) is 0 Å². The fourth-order valence-electron chi connectivity index (χ4n) is 0.592. The third-order valence-corrected chi connectivity index (χ3v) is 3.13. The molecule has 0 saturated heterocycles. The van der Waals surface area contributed by atoms with Gasteiger partial charge in [0.25, 0.3) is 0 Å².